The molecule has 0 bridgehead atoms. The number of rotatable bonds is 6. The Kier molecular flexibility index (Phi) is 4.53. The van der Waals surface area contributed by atoms with Gasteiger partial charge in [0, 0.05) is 18.3 Å². The highest BCUT2D eigenvalue weighted by Gasteiger charge is 2.15. The van der Waals surface area contributed by atoms with E-state index in [-0.39, 0.29) is 6.04 Å². The molecular weight excluding hydrogens is 224 g/mol. The number of aryl methyl sites for hydroxylation is 1. The van der Waals surface area contributed by atoms with E-state index in [0.717, 1.165) is 36.6 Å². The van der Waals surface area contributed by atoms with E-state index in [1.807, 2.05) is 37.4 Å². The van der Waals surface area contributed by atoms with Crippen molar-refractivity contribution in [2.24, 2.45) is 0 Å². The number of pyridine rings is 1. The molecule has 0 aliphatic heterocycles. The summed E-state index contributed by atoms with van der Waals surface area (Å²) in [5.74, 6) is 1.95. The van der Waals surface area contributed by atoms with Crippen LogP contribution in [0.15, 0.2) is 40.9 Å². The third kappa shape index (κ3) is 3.44. The van der Waals surface area contributed by atoms with Crippen LogP contribution in [0.25, 0.3) is 0 Å². The minimum Gasteiger partial charge on any atom is -0.465 e. The van der Waals surface area contributed by atoms with Crippen molar-refractivity contribution in [2.45, 2.75) is 32.7 Å². The Balaban J connectivity index is 2.10. The van der Waals surface area contributed by atoms with Crippen molar-refractivity contribution in [3.8, 4) is 0 Å². The molecule has 0 fully saturated rings. The number of furan rings is 1. The highest BCUT2D eigenvalue weighted by atomic mass is 16.3. The molecule has 18 heavy (non-hydrogen) atoms. The molecule has 0 saturated heterocycles. The lowest BCUT2D eigenvalue weighted by molar-refractivity contribution is 0.396. The predicted molar refractivity (Wildman–Crippen MR) is 72.4 cm³/mol. The standard InChI is InChI=1S/C15H20N2O/c1-3-9-17-14(15-8-7-12(2)18-15)11-13-6-4-5-10-16-13/h4-8,10,14,17H,3,9,11H2,1-2H3. The summed E-state index contributed by atoms with van der Waals surface area (Å²) < 4.78 is 5.72. The smallest absolute Gasteiger partial charge is 0.121 e. The van der Waals surface area contributed by atoms with Crippen LogP contribution in [0.2, 0.25) is 0 Å². The van der Waals surface area contributed by atoms with Gasteiger partial charge in [-0.3, -0.25) is 4.98 Å². The van der Waals surface area contributed by atoms with Crippen molar-refractivity contribution in [1.29, 1.82) is 0 Å². The van der Waals surface area contributed by atoms with Crippen LogP contribution >= 0.6 is 0 Å². The maximum atomic E-state index is 5.72. The molecule has 2 aromatic heterocycles. The Morgan fingerprint density at radius 2 is 2.17 bits per heavy atom. The van der Waals surface area contributed by atoms with Crippen LogP contribution in [0.1, 0.15) is 36.6 Å². The van der Waals surface area contributed by atoms with Gasteiger partial charge in [-0.2, -0.15) is 0 Å². The zero-order chi connectivity index (χ0) is 12.8. The summed E-state index contributed by atoms with van der Waals surface area (Å²) in [5, 5.41) is 3.51. The second-order valence-electron chi connectivity index (χ2n) is 4.48. The molecule has 2 aromatic rings. The second kappa shape index (κ2) is 6.36. The second-order valence-corrected chi connectivity index (χ2v) is 4.48. The normalized spacial score (nSPS) is 12.6. The lowest BCUT2D eigenvalue weighted by Crippen LogP contribution is -2.24. The van der Waals surface area contributed by atoms with Crippen LogP contribution in [0.3, 0.4) is 0 Å². The van der Waals surface area contributed by atoms with Crippen molar-refractivity contribution in [1.82, 2.24) is 10.3 Å². The van der Waals surface area contributed by atoms with E-state index in [1.54, 1.807) is 0 Å². The maximum absolute atomic E-state index is 5.72. The Morgan fingerprint density at radius 1 is 1.28 bits per heavy atom. The van der Waals surface area contributed by atoms with Gasteiger partial charge >= 0.3 is 0 Å². The molecule has 3 nitrogen and oxygen atoms in total. The van der Waals surface area contributed by atoms with Gasteiger partial charge in [0.2, 0.25) is 0 Å². The van der Waals surface area contributed by atoms with Crippen LogP contribution in [-0.4, -0.2) is 11.5 Å². The first-order chi connectivity index (χ1) is 8.79. The highest BCUT2D eigenvalue weighted by Crippen LogP contribution is 2.19. The summed E-state index contributed by atoms with van der Waals surface area (Å²) in [5.41, 5.74) is 1.08. The third-order valence-corrected chi connectivity index (χ3v) is 2.88. The third-order valence-electron chi connectivity index (χ3n) is 2.88. The van der Waals surface area contributed by atoms with Crippen LogP contribution in [-0.2, 0) is 6.42 Å². The Bertz CT molecular complexity index is 464. The monoisotopic (exact) mass is 244 g/mol. The fourth-order valence-electron chi connectivity index (χ4n) is 1.96. The molecule has 1 N–H and O–H groups in total. The largest absolute Gasteiger partial charge is 0.465 e. The molecule has 3 heteroatoms. The topological polar surface area (TPSA) is 38.1 Å². The first-order valence-electron chi connectivity index (χ1n) is 6.49. The quantitative estimate of drug-likeness (QED) is 0.847. The van der Waals surface area contributed by atoms with Crippen molar-refractivity contribution in [3.05, 3.63) is 53.7 Å². The lowest BCUT2D eigenvalue weighted by atomic mass is 10.1. The zero-order valence-corrected chi connectivity index (χ0v) is 11.0. The van der Waals surface area contributed by atoms with Gasteiger partial charge in [-0.05, 0) is 44.2 Å². The van der Waals surface area contributed by atoms with Gasteiger partial charge in [-0.15, -0.1) is 0 Å². The first-order valence-corrected chi connectivity index (χ1v) is 6.49. The zero-order valence-electron chi connectivity index (χ0n) is 11.0. The molecule has 0 aromatic carbocycles. The molecule has 0 saturated carbocycles. The molecule has 0 spiro atoms. The molecule has 0 radical (unpaired) electrons. The molecule has 1 unspecified atom stereocenters. The summed E-state index contributed by atoms with van der Waals surface area (Å²) in [6.07, 6.45) is 3.80. The van der Waals surface area contributed by atoms with Gasteiger partial charge in [-0.25, -0.2) is 0 Å². The van der Waals surface area contributed by atoms with Crippen molar-refractivity contribution < 1.29 is 4.42 Å². The van der Waals surface area contributed by atoms with E-state index in [9.17, 15) is 0 Å². The predicted octanol–water partition coefficient (Wildman–Crippen LogP) is 3.27. The summed E-state index contributed by atoms with van der Waals surface area (Å²) in [6, 6.07) is 10.3. The first kappa shape index (κ1) is 12.8. The Morgan fingerprint density at radius 3 is 2.78 bits per heavy atom. The van der Waals surface area contributed by atoms with E-state index >= 15 is 0 Å². The van der Waals surface area contributed by atoms with Crippen LogP contribution in [0.4, 0.5) is 0 Å². The van der Waals surface area contributed by atoms with Gasteiger partial charge in [0.25, 0.3) is 0 Å². The fraction of sp³-hybridized carbons (Fsp3) is 0.400. The fourth-order valence-corrected chi connectivity index (χ4v) is 1.96. The number of hydrogen-bond acceptors (Lipinski definition) is 3. The minimum atomic E-state index is 0.202. The van der Waals surface area contributed by atoms with Crippen molar-refractivity contribution in [3.63, 3.8) is 0 Å². The van der Waals surface area contributed by atoms with E-state index in [1.165, 1.54) is 0 Å². The van der Waals surface area contributed by atoms with E-state index in [0.29, 0.717) is 0 Å². The van der Waals surface area contributed by atoms with Crippen molar-refractivity contribution >= 4 is 0 Å². The van der Waals surface area contributed by atoms with Gasteiger partial charge in [0.1, 0.15) is 11.5 Å². The van der Waals surface area contributed by atoms with Crippen LogP contribution < -0.4 is 5.32 Å². The molecule has 0 aliphatic carbocycles. The van der Waals surface area contributed by atoms with Gasteiger partial charge in [0.05, 0.1) is 6.04 Å². The van der Waals surface area contributed by atoms with Crippen molar-refractivity contribution in [2.75, 3.05) is 6.54 Å². The molecule has 96 valence electrons. The van der Waals surface area contributed by atoms with E-state index < -0.39 is 0 Å². The average molecular weight is 244 g/mol. The number of nitrogens with one attached hydrogen (secondary N) is 1. The minimum absolute atomic E-state index is 0.202. The van der Waals surface area contributed by atoms with Crippen LogP contribution in [0.5, 0.6) is 0 Å². The molecule has 0 amide bonds. The van der Waals surface area contributed by atoms with Gasteiger partial charge in [-0.1, -0.05) is 13.0 Å². The van der Waals surface area contributed by atoms with Gasteiger partial charge in [0.15, 0.2) is 0 Å². The lowest BCUT2D eigenvalue weighted by Gasteiger charge is -2.15. The number of aromatic nitrogens is 1. The SMILES string of the molecule is CCCNC(Cc1ccccn1)c1ccc(C)o1. The maximum Gasteiger partial charge on any atom is 0.121 e. The molecule has 0 aliphatic rings. The summed E-state index contributed by atoms with van der Waals surface area (Å²) in [7, 11) is 0. The Hall–Kier alpha value is -1.61. The number of hydrogen-bond donors (Lipinski definition) is 1. The molecule has 2 rings (SSSR count). The Labute approximate surface area is 108 Å². The average Bonchev–Trinajstić information content (AvgIpc) is 2.82. The summed E-state index contributed by atoms with van der Waals surface area (Å²) >= 11 is 0. The molecule has 1 atom stereocenters. The summed E-state index contributed by atoms with van der Waals surface area (Å²) in [4.78, 5) is 4.38. The van der Waals surface area contributed by atoms with Crippen LogP contribution in [0, 0.1) is 6.92 Å². The highest BCUT2D eigenvalue weighted by molar-refractivity contribution is 5.14. The summed E-state index contributed by atoms with van der Waals surface area (Å²) in [6.45, 7) is 5.12. The molecule has 2 heterocycles. The van der Waals surface area contributed by atoms with Gasteiger partial charge < -0.3 is 9.73 Å². The number of nitrogens with zero attached hydrogens (tertiary/aromatic N) is 1. The van der Waals surface area contributed by atoms with E-state index in [4.69, 9.17) is 4.42 Å². The van der Waals surface area contributed by atoms with E-state index in [2.05, 4.69) is 23.3 Å². The molecular formula is C15H20N2O.